The van der Waals surface area contributed by atoms with Crippen LogP contribution in [0.3, 0.4) is 0 Å². The van der Waals surface area contributed by atoms with Crippen LogP contribution in [0.25, 0.3) is 10.9 Å². The van der Waals surface area contributed by atoms with E-state index in [0.29, 0.717) is 42.0 Å². The number of hydrogen-bond acceptors (Lipinski definition) is 7. The van der Waals surface area contributed by atoms with E-state index in [4.69, 9.17) is 4.74 Å². The maximum absolute atomic E-state index is 13.0. The van der Waals surface area contributed by atoms with Gasteiger partial charge in [0.1, 0.15) is 17.9 Å². The number of aromatic hydroxyl groups is 1. The number of nitrogens with zero attached hydrogens (tertiary/aromatic N) is 2. The number of Topliss-reactive ketones (excluding diaryl/α,β-unsaturated/α-hetero) is 1. The SMILES string of the molecule is Cc1ccc2c(c1)Nc1ncnc3cc(O)c(cc13)OCCCNC(=O)[C@@H](C(C)C)CC(=O)C2. The third-order valence-electron chi connectivity index (χ3n) is 6.09. The summed E-state index contributed by atoms with van der Waals surface area (Å²) >= 11 is 0. The van der Waals surface area contributed by atoms with E-state index in [9.17, 15) is 14.7 Å². The van der Waals surface area contributed by atoms with E-state index in [-0.39, 0.29) is 36.2 Å². The highest BCUT2D eigenvalue weighted by Gasteiger charge is 2.25. The van der Waals surface area contributed by atoms with Crippen molar-refractivity contribution >= 4 is 34.1 Å². The van der Waals surface area contributed by atoms with E-state index >= 15 is 0 Å². The number of benzene rings is 2. The fourth-order valence-electron chi connectivity index (χ4n) is 4.13. The van der Waals surface area contributed by atoms with Gasteiger partial charge < -0.3 is 20.5 Å². The predicted molar refractivity (Wildman–Crippen MR) is 130 cm³/mol. The summed E-state index contributed by atoms with van der Waals surface area (Å²) in [4.78, 5) is 34.5. The average molecular weight is 463 g/mol. The summed E-state index contributed by atoms with van der Waals surface area (Å²) in [6, 6.07) is 9.11. The Kier molecular flexibility index (Phi) is 6.95. The zero-order valence-corrected chi connectivity index (χ0v) is 19.7. The number of rotatable bonds is 1. The number of phenolic OH excluding ortho intramolecular Hbond substituents is 1. The van der Waals surface area contributed by atoms with Crippen LogP contribution in [0.2, 0.25) is 0 Å². The van der Waals surface area contributed by atoms with Crippen LogP contribution in [-0.2, 0) is 16.0 Å². The summed E-state index contributed by atoms with van der Waals surface area (Å²) in [5.41, 5.74) is 3.19. The molecule has 3 N–H and O–H groups in total. The second-order valence-corrected chi connectivity index (χ2v) is 9.11. The molecule has 2 heterocycles. The largest absolute Gasteiger partial charge is 0.504 e. The molecule has 0 aliphatic carbocycles. The van der Waals surface area contributed by atoms with Gasteiger partial charge in [0.15, 0.2) is 11.5 Å². The van der Waals surface area contributed by atoms with E-state index in [1.807, 2.05) is 39.0 Å². The molecule has 1 aromatic heterocycles. The first-order valence-electron chi connectivity index (χ1n) is 11.6. The maximum atomic E-state index is 13.0. The zero-order chi connectivity index (χ0) is 24.2. The number of ketones is 1. The molecule has 0 radical (unpaired) electrons. The zero-order valence-electron chi connectivity index (χ0n) is 19.7. The Balaban J connectivity index is 1.76. The van der Waals surface area contributed by atoms with Gasteiger partial charge in [0.05, 0.1) is 12.1 Å². The topological polar surface area (TPSA) is 113 Å². The van der Waals surface area contributed by atoms with Crippen molar-refractivity contribution in [2.75, 3.05) is 18.5 Å². The number of carbonyl (C=O) groups is 2. The van der Waals surface area contributed by atoms with Gasteiger partial charge in [-0.3, -0.25) is 9.59 Å². The van der Waals surface area contributed by atoms with Crippen LogP contribution in [-0.4, -0.2) is 39.9 Å². The van der Waals surface area contributed by atoms with E-state index in [0.717, 1.165) is 16.8 Å². The molecular formula is C26H30N4O4. The van der Waals surface area contributed by atoms with Gasteiger partial charge in [-0.1, -0.05) is 26.0 Å². The van der Waals surface area contributed by atoms with Crippen LogP contribution >= 0.6 is 0 Å². The highest BCUT2D eigenvalue weighted by atomic mass is 16.5. The number of aromatic nitrogens is 2. The van der Waals surface area contributed by atoms with Gasteiger partial charge in [0.2, 0.25) is 5.91 Å². The number of anilines is 2. The fourth-order valence-corrected chi connectivity index (χ4v) is 4.13. The Morgan fingerprint density at radius 2 is 1.97 bits per heavy atom. The second-order valence-electron chi connectivity index (χ2n) is 9.11. The number of nitrogens with one attached hydrogen (secondary N) is 2. The molecule has 2 bridgehead atoms. The van der Waals surface area contributed by atoms with Crippen LogP contribution in [0.4, 0.5) is 11.5 Å². The van der Waals surface area contributed by atoms with Gasteiger partial charge in [-0.15, -0.1) is 0 Å². The Labute approximate surface area is 198 Å². The highest BCUT2D eigenvalue weighted by Crippen LogP contribution is 2.35. The second kappa shape index (κ2) is 10.1. The molecule has 0 saturated heterocycles. The average Bonchev–Trinajstić information content (AvgIpc) is 2.79. The van der Waals surface area contributed by atoms with Crippen molar-refractivity contribution in [2.24, 2.45) is 11.8 Å². The summed E-state index contributed by atoms with van der Waals surface area (Å²) in [6.45, 7) is 6.62. The van der Waals surface area contributed by atoms with Gasteiger partial charge in [0, 0.05) is 42.4 Å². The number of carbonyl (C=O) groups excluding carboxylic acids is 2. The summed E-state index contributed by atoms with van der Waals surface area (Å²) in [5, 5.41) is 17.4. The van der Waals surface area contributed by atoms with E-state index in [1.165, 1.54) is 6.33 Å². The molecule has 8 heteroatoms. The Morgan fingerprint density at radius 1 is 1.15 bits per heavy atom. The van der Waals surface area contributed by atoms with Crippen molar-refractivity contribution in [1.82, 2.24) is 15.3 Å². The maximum Gasteiger partial charge on any atom is 0.223 e. The first-order valence-corrected chi connectivity index (χ1v) is 11.6. The molecule has 0 saturated carbocycles. The molecular weight excluding hydrogens is 432 g/mol. The molecule has 1 aliphatic heterocycles. The fraction of sp³-hybridized carbons (Fsp3) is 0.385. The first-order chi connectivity index (χ1) is 16.3. The molecule has 1 amide bonds. The van der Waals surface area contributed by atoms with E-state index < -0.39 is 5.92 Å². The minimum atomic E-state index is -0.397. The number of hydrogen-bond donors (Lipinski definition) is 3. The molecule has 0 fully saturated rings. The molecule has 8 nitrogen and oxygen atoms in total. The highest BCUT2D eigenvalue weighted by molar-refractivity contribution is 5.94. The van der Waals surface area contributed by atoms with Crippen molar-refractivity contribution in [3.63, 3.8) is 0 Å². The molecule has 0 unspecified atom stereocenters. The van der Waals surface area contributed by atoms with Crippen molar-refractivity contribution in [3.05, 3.63) is 47.8 Å². The predicted octanol–water partition coefficient (Wildman–Crippen LogP) is 4.06. The molecule has 3 aromatic rings. The van der Waals surface area contributed by atoms with Crippen LogP contribution in [0.5, 0.6) is 11.5 Å². The lowest BCUT2D eigenvalue weighted by Gasteiger charge is -2.20. The summed E-state index contributed by atoms with van der Waals surface area (Å²) in [6.07, 6.45) is 2.37. The number of aryl methyl sites for hydroxylation is 1. The summed E-state index contributed by atoms with van der Waals surface area (Å²) in [5.74, 6) is 0.379. The molecule has 1 aliphatic rings. The van der Waals surface area contributed by atoms with Crippen LogP contribution in [0.15, 0.2) is 36.7 Å². The van der Waals surface area contributed by atoms with Crippen LogP contribution in [0.1, 0.15) is 37.8 Å². The molecule has 4 rings (SSSR count). The first kappa shape index (κ1) is 23.5. The van der Waals surface area contributed by atoms with Gasteiger partial charge in [-0.25, -0.2) is 9.97 Å². The number of ether oxygens (including phenoxy) is 1. The standard InChI is InChI=1S/C26H30N4O4/c1-15(2)19-11-18(31)10-17-6-5-16(3)9-21(17)30-25-20-12-24(34-8-4-7-27-26(19)33)23(32)13-22(20)28-14-29-25/h5-6,9,12-15,19,32H,4,7-8,10-11H2,1-3H3,(H,27,33)(H,28,29,30)/t19-/m1/s1. The lowest BCUT2D eigenvalue weighted by Crippen LogP contribution is -2.36. The lowest BCUT2D eigenvalue weighted by atomic mass is 9.88. The van der Waals surface area contributed by atoms with Crippen LogP contribution < -0.4 is 15.4 Å². The molecule has 1 atom stereocenters. The van der Waals surface area contributed by atoms with Crippen molar-refractivity contribution in [1.29, 1.82) is 0 Å². The van der Waals surface area contributed by atoms with Gasteiger partial charge in [-0.2, -0.15) is 0 Å². The summed E-state index contributed by atoms with van der Waals surface area (Å²) < 4.78 is 5.80. The molecule has 0 spiro atoms. The lowest BCUT2D eigenvalue weighted by molar-refractivity contribution is -0.130. The van der Waals surface area contributed by atoms with Gasteiger partial charge in [0.25, 0.3) is 0 Å². The van der Waals surface area contributed by atoms with Gasteiger partial charge in [-0.05, 0) is 42.5 Å². The Hall–Kier alpha value is -3.68. The smallest absolute Gasteiger partial charge is 0.223 e. The third kappa shape index (κ3) is 5.27. The quantitative estimate of drug-likeness (QED) is 0.500. The minimum Gasteiger partial charge on any atom is -0.504 e. The monoisotopic (exact) mass is 462 g/mol. The normalized spacial score (nSPS) is 17.6. The number of amides is 1. The third-order valence-corrected chi connectivity index (χ3v) is 6.09. The van der Waals surface area contributed by atoms with Crippen molar-refractivity contribution < 1.29 is 19.4 Å². The molecule has 34 heavy (non-hydrogen) atoms. The van der Waals surface area contributed by atoms with Crippen molar-refractivity contribution in [2.45, 2.75) is 40.0 Å². The van der Waals surface area contributed by atoms with E-state index in [1.54, 1.807) is 12.1 Å². The van der Waals surface area contributed by atoms with Gasteiger partial charge >= 0.3 is 0 Å². The summed E-state index contributed by atoms with van der Waals surface area (Å²) in [7, 11) is 0. The Bertz CT molecular complexity index is 1220. The minimum absolute atomic E-state index is 0.00755. The van der Waals surface area contributed by atoms with Crippen LogP contribution in [0, 0.1) is 18.8 Å². The van der Waals surface area contributed by atoms with Crippen molar-refractivity contribution in [3.8, 4) is 11.5 Å². The number of phenols is 1. The van der Waals surface area contributed by atoms with E-state index in [2.05, 4.69) is 20.6 Å². The molecule has 2 aromatic carbocycles. The molecule has 178 valence electrons. The Morgan fingerprint density at radius 3 is 2.76 bits per heavy atom. The number of fused-ring (bicyclic) bond motifs is 2.